The first-order chi connectivity index (χ1) is 9.10. The van der Waals surface area contributed by atoms with Crippen LogP contribution in [0.5, 0.6) is 11.5 Å². The zero-order valence-electron chi connectivity index (χ0n) is 11.4. The predicted molar refractivity (Wildman–Crippen MR) is 71.1 cm³/mol. The zero-order valence-corrected chi connectivity index (χ0v) is 11.4. The lowest BCUT2D eigenvalue weighted by atomic mass is 10.2. The molecule has 1 aromatic rings. The number of amides is 1. The van der Waals surface area contributed by atoms with Crippen molar-refractivity contribution >= 4 is 5.91 Å². The van der Waals surface area contributed by atoms with E-state index in [2.05, 4.69) is 5.32 Å². The van der Waals surface area contributed by atoms with Crippen molar-refractivity contribution < 1.29 is 14.3 Å². The molecule has 0 aromatic heterocycles. The molecule has 0 saturated carbocycles. The van der Waals surface area contributed by atoms with E-state index in [-0.39, 0.29) is 18.6 Å². The number of carbonyl (C=O) groups excluding carboxylic acids is 1. The van der Waals surface area contributed by atoms with E-state index in [1.807, 2.05) is 19.9 Å². The van der Waals surface area contributed by atoms with Gasteiger partial charge in [-0.2, -0.15) is 5.26 Å². The fourth-order valence-electron chi connectivity index (χ4n) is 1.42. The van der Waals surface area contributed by atoms with Crippen LogP contribution in [0, 0.1) is 11.3 Å². The van der Waals surface area contributed by atoms with Gasteiger partial charge in [-0.05, 0) is 25.5 Å². The van der Waals surface area contributed by atoms with Gasteiger partial charge in [0.2, 0.25) is 0 Å². The van der Waals surface area contributed by atoms with Crippen molar-refractivity contribution in [3.8, 4) is 17.6 Å². The van der Waals surface area contributed by atoms with E-state index in [4.69, 9.17) is 14.7 Å². The summed E-state index contributed by atoms with van der Waals surface area (Å²) in [6, 6.07) is 6.94. The highest BCUT2D eigenvalue weighted by atomic mass is 16.5. The number of nitrogens with zero attached hydrogens (tertiary/aromatic N) is 1. The van der Waals surface area contributed by atoms with Gasteiger partial charge in [-0.15, -0.1) is 0 Å². The number of ether oxygens (including phenoxy) is 2. The molecule has 19 heavy (non-hydrogen) atoms. The Bertz CT molecular complexity index is 480. The standard InChI is InChI=1S/C14H18N2O3/c1-4-10(2)16-14(17)9-19-12-6-5-11(8-15)7-13(12)18-3/h5-7,10H,4,9H2,1-3H3,(H,16,17)/t10-/m1/s1. The van der Waals surface area contributed by atoms with Gasteiger partial charge in [0.15, 0.2) is 18.1 Å². The minimum absolute atomic E-state index is 0.0768. The van der Waals surface area contributed by atoms with Crippen molar-refractivity contribution in [3.63, 3.8) is 0 Å². The maximum absolute atomic E-state index is 11.6. The van der Waals surface area contributed by atoms with Gasteiger partial charge in [-0.1, -0.05) is 6.92 Å². The van der Waals surface area contributed by atoms with Crippen LogP contribution in [0.25, 0.3) is 0 Å². The first-order valence-corrected chi connectivity index (χ1v) is 6.11. The summed E-state index contributed by atoms with van der Waals surface area (Å²) in [7, 11) is 1.49. The molecular formula is C14H18N2O3. The number of benzene rings is 1. The summed E-state index contributed by atoms with van der Waals surface area (Å²) in [6.07, 6.45) is 0.867. The molecule has 0 spiro atoms. The Labute approximate surface area is 113 Å². The summed E-state index contributed by atoms with van der Waals surface area (Å²) in [5.74, 6) is 0.706. The molecular weight excluding hydrogens is 244 g/mol. The smallest absolute Gasteiger partial charge is 0.258 e. The van der Waals surface area contributed by atoms with Crippen LogP contribution in [0.3, 0.4) is 0 Å². The summed E-state index contributed by atoms with van der Waals surface area (Å²) in [4.78, 5) is 11.6. The van der Waals surface area contributed by atoms with Gasteiger partial charge in [0.1, 0.15) is 0 Å². The minimum atomic E-state index is -0.180. The highest BCUT2D eigenvalue weighted by Gasteiger charge is 2.10. The summed E-state index contributed by atoms with van der Waals surface area (Å²) >= 11 is 0. The molecule has 0 fully saturated rings. The molecule has 1 amide bonds. The fraction of sp³-hybridized carbons (Fsp3) is 0.429. The summed E-state index contributed by atoms with van der Waals surface area (Å²) in [6.45, 7) is 3.85. The second kappa shape index (κ2) is 7.27. The lowest BCUT2D eigenvalue weighted by Gasteiger charge is -2.13. The Morgan fingerprint density at radius 1 is 1.47 bits per heavy atom. The van der Waals surface area contributed by atoms with Crippen molar-refractivity contribution in [1.29, 1.82) is 5.26 Å². The Kier molecular flexibility index (Phi) is 5.68. The van der Waals surface area contributed by atoms with Crippen LogP contribution >= 0.6 is 0 Å². The number of hydrogen-bond acceptors (Lipinski definition) is 4. The number of methoxy groups -OCH3 is 1. The number of nitriles is 1. The number of hydrogen-bond donors (Lipinski definition) is 1. The molecule has 0 radical (unpaired) electrons. The van der Waals surface area contributed by atoms with E-state index >= 15 is 0 Å². The Morgan fingerprint density at radius 3 is 2.79 bits per heavy atom. The Morgan fingerprint density at radius 2 is 2.21 bits per heavy atom. The van der Waals surface area contributed by atoms with E-state index in [0.29, 0.717) is 17.1 Å². The minimum Gasteiger partial charge on any atom is -0.493 e. The van der Waals surface area contributed by atoms with Crippen LogP contribution in [-0.4, -0.2) is 25.7 Å². The van der Waals surface area contributed by atoms with Crippen molar-refractivity contribution in [2.24, 2.45) is 0 Å². The molecule has 0 aliphatic carbocycles. The topological polar surface area (TPSA) is 71.3 Å². The lowest BCUT2D eigenvalue weighted by molar-refractivity contribution is -0.123. The third-order valence-corrected chi connectivity index (χ3v) is 2.67. The van der Waals surface area contributed by atoms with E-state index in [0.717, 1.165) is 6.42 Å². The quantitative estimate of drug-likeness (QED) is 0.849. The van der Waals surface area contributed by atoms with Gasteiger partial charge in [-0.25, -0.2) is 0 Å². The van der Waals surface area contributed by atoms with Crippen LogP contribution in [0.2, 0.25) is 0 Å². The molecule has 5 nitrogen and oxygen atoms in total. The number of nitrogens with one attached hydrogen (secondary N) is 1. The molecule has 1 atom stereocenters. The molecule has 0 aliphatic rings. The fourth-order valence-corrected chi connectivity index (χ4v) is 1.42. The van der Waals surface area contributed by atoms with Crippen molar-refractivity contribution in [3.05, 3.63) is 23.8 Å². The van der Waals surface area contributed by atoms with Crippen LogP contribution in [-0.2, 0) is 4.79 Å². The molecule has 0 bridgehead atoms. The third kappa shape index (κ3) is 4.51. The zero-order chi connectivity index (χ0) is 14.3. The van der Waals surface area contributed by atoms with E-state index in [9.17, 15) is 4.79 Å². The monoisotopic (exact) mass is 262 g/mol. The van der Waals surface area contributed by atoms with E-state index in [1.54, 1.807) is 18.2 Å². The predicted octanol–water partition coefficient (Wildman–Crippen LogP) is 1.86. The summed E-state index contributed by atoms with van der Waals surface area (Å²) in [5.41, 5.74) is 0.480. The van der Waals surface area contributed by atoms with Gasteiger partial charge in [0, 0.05) is 12.1 Å². The van der Waals surface area contributed by atoms with Crippen molar-refractivity contribution in [2.45, 2.75) is 26.3 Å². The first kappa shape index (κ1) is 14.8. The second-order valence-electron chi connectivity index (χ2n) is 4.14. The maximum Gasteiger partial charge on any atom is 0.258 e. The second-order valence-corrected chi connectivity index (χ2v) is 4.14. The van der Waals surface area contributed by atoms with Crippen molar-refractivity contribution in [1.82, 2.24) is 5.32 Å². The molecule has 1 N–H and O–H groups in total. The molecule has 1 rings (SSSR count). The first-order valence-electron chi connectivity index (χ1n) is 6.11. The molecule has 0 heterocycles. The van der Waals surface area contributed by atoms with Crippen LogP contribution in [0.4, 0.5) is 0 Å². The van der Waals surface area contributed by atoms with Gasteiger partial charge in [-0.3, -0.25) is 4.79 Å². The van der Waals surface area contributed by atoms with Crippen LogP contribution in [0.1, 0.15) is 25.8 Å². The summed E-state index contributed by atoms with van der Waals surface area (Å²) < 4.78 is 10.5. The van der Waals surface area contributed by atoms with Crippen molar-refractivity contribution in [2.75, 3.05) is 13.7 Å². The Balaban J connectivity index is 2.63. The average molecular weight is 262 g/mol. The lowest BCUT2D eigenvalue weighted by Crippen LogP contribution is -2.35. The highest BCUT2D eigenvalue weighted by Crippen LogP contribution is 2.27. The molecule has 0 saturated heterocycles. The van der Waals surface area contributed by atoms with Gasteiger partial charge >= 0.3 is 0 Å². The van der Waals surface area contributed by atoms with Crippen LogP contribution < -0.4 is 14.8 Å². The maximum atomic E-state index is 11.6. The van der Waals surface area contributed by atoms with E-state index in [1.165, 1.54) is 7.11 Å². The molecule has 1 aromatic carbocycles. The van der Waals surface area contributed by atoms with E-state index < -0.39 is 0 Å². The van der Waals surface area contributed by atoms with Gasteiger partial charge in [0.25, 0.3) is 5.91 Å². The highest BCUT2D eigenvalue weighted by molar-refractivity contribution is 5.77. The normalized spacial score (nSPS) is 11.3. The summed E-state index contributed by atoms with van der Waals surface area (Å²) in [5, 5.41) is 11.6. The third-order valence-electron chi connectivity index (χ3n) is 2.67. The SMILES string of the molecule is CC[C@@H](C)NC(=O)COc1ccc(C#N)cc1OC. The largest absolute Gasteiger partial charge is 0.493 e. The van der Waals surface area contributed by atoms with Gasteiger partial charge < -0.3 is 14.8 Å². The number of carbonyl (C=O) groups is 1. The Hall–Kier alpha value is -2.22. The van der Waals surface area contributed by atoms with Gasteiger partial charge in [0.05, 0.1) is 18.7 Å². The van der Waals surface area contributed by atoms with Crippen LogP contribution in [0.15, 0.2) is 18.2 Å². The molecule has 102 valence electrons. The average Bonchev–Trinajstić information content (AvgIpc) is 2.44. The molecule has 0 aliphatic heterocycles. The number of rotatable bonds is 6. The molecule has 0 unspecified atom stereocenters. The molecule has 5 heteroatoms.